The summed E-state index contributed by atoms with van der Waals surface area (Å²) in [7, 11) is 0. The van der Waals surface area contributed by atoms with Crippen molar-refractivity contribution in [3.63, 3.8) is 0 Å². The van der Waals surface area contributed by atoms with Crippen molar-refractivity contribution in [1.29, 1.82) is 0 Å². The number of anilines is 1. The molecule has 4 rings (SSSR count). The fourth-order valence-corrected chi connectivity index (χ4v) is 5.48. The molecule has 2 aromatic rings. The minimum atomic E-state index is 0.0749. The van der Waals surface area contributed by atoms with E-state index in [0.717, 1.165) is 67.6 Å². The van der Waals surface area contributed by atoms with Crippen LogP contribution in [-0.2, 0) is 4.79 Å². The molecular formula is C28H37N3O2S. The summed E-state index contributed by atoms with van der Waals surface area (Å²) in [5.41, 5.74) is 4.97. The number of hydrogen-bond acceptors (Lipinski definition) is 3. The Morgan fingerprint density at radius 3 is 2.32 bits per heavy atom. The Labute approximate surface area is 209 Å². The average molecular weight is 480 g/mol. The summed E-state index contributed by atoms with van der Waals surface area (Å²) in [6.07, 6.45) is 3.16. The minimum Gasteiger partial charge on any atom is -0.484 e. The second kappa shape index (κ2) is 10.3. The van der Waals surface area contributed by atoms with Crippen molar-refractivity contribution in [2.75, 3.05) is 38.1 Å². The van der Waals surface area contributed by atoms with Gasteiger partial charge in [-0.25, -0.2) is 0 Å². The number of carbonyl (C=O) groups excluding carboxylic acids is 1. The highest BCUT2D eigenvalue weighted by atomic mass is 32.1. The van der Waals surface area contributed by atoms with E-state index in [0.29, 0.717) is 5.92 Å². The summed E-state index contributed by atoms with van der Waals surface area (Å²) in [5.74, 6) is 1.30. The summed E-state index contributed by atoms with van der Waals surface area (Å²) >= 11 is 5.84. The third kappa shape index (κ3) is 5.38. The highest BCUT2D eigenvalue weighted by molar-refractivity contribution is 7.80. The van der Waals surface area contributed by atoms with E-state index in [1.54, 1.807) is 0 Å². The predicted molar refractivity (Wildman–Crippen MR) is 143 cm³/mol. The first-order valence-electron chi connectivity index (χ1n) is 12.4. The van der Waals surface area contributed by atoms with Crippen LogP contribution in [0.15, 0.2) is 42.5 Å². The Morgan fingerprint density at radius 2 is 1.65 bits per heavy atom. The molecule has 5 nitrogen and oxygen atoms in total. The SMILES string of the molecule is Cc1ccccc1OCC(=O)N1CCC2(CC1)CCN(C(=S)Nc1c(C)cccc1C(C)C)C2. The van der Waals surface area contributed by atoms with Gasteiger partial charge in [-0.05, 0) is 79.4 Å². The molecule has 0 saturated carbocycles. The molecule has 1 spiro atoms. The molecule has 2 fully saturated rings. The molecule has 2 aromatic carbocycles. The molecule has 0 atom stereocenters. The van der Waals surface area contributed by atoms with E-state index in [2.05, 4.69) is 49.2 Å². The molecule has 34 heavy (non-hydrogen) atoms. The number of para-hydroxylation sites is 2. The number of likely N-dealkylation sites (tertiary alicyclic amines) is 2. The quantitative estimate of drug-likeness (QED) is 0.573. The molecule has 2 saturated heterocycles. The number of nitrogens with zero attached hydrogens (tertiary/aromatic N) is 2. The Morgan fingerprint density at radius 1 is 1.00 bits per heavy atom. The van der Waals surface area contributed by atoms with Gasteiger partial charge in [0.2, 0.25) is 0 Å². The Bertz CT molecular complexity index is 1040. The number of nitrogens with one attached hydrogen (secondary N) is 1. The number of benzene rings is 2. The monoisotopic (exact) mass is 479 g/mol. The number of thiocarbonyl (C=S) groups is 1. The van der Waals surface area contributed by atoms with Gasteiger partial charge in [-0.15, -0.1) is 0 Å². The maximum absolute atomic E-state index is 12.7. The smallest absolute Gasteiger partial charge is 0.260 e. The van der Waals surface area contributed by atoms with Gasteiger partial charge in [-0.3, -0.25) is 4.79 Å². The van der Waals surface area contributed by atoms with Crippen LogP contribution >= 0.6 is 12.2 Å². The molecule has 0 unspecified atom stereocenters. The highest BCUT2D eigenvalue weighted by Crippen LogP contribution is 2.41. The molecule has 1 amide bonds. The van der Waals surface area contributed by atoms with Gasteiger partial charge >= 0.3 is 0 Å². The van der Waals surface area contributed by atoms with E-state index in [4.69, 9.17) is 17.0 Å². The average Bonchev–Trinajstić information content (AvgIpc) is 3.23. The van der Waals surface area contributed by atoms with Gasteiger partial charge in [-0.2, -0.15) is 0 Å². The fourth-order valence-electron chi connectivity index (χ4n) is 5.22. The topological polar surface area (TPSA) is 44.8 Å². The van der Waals surface area contributed by atoms with E-state index in [-0.39, 0.29) is 17.9 Å². The molecule has 0 aliphatic carbocycles. The van der Waals surface area contributed by atoms with Gasteiger partial charge in [0.25, 0.3) is 5.91 Å². The van der Waals surface area contributed by atoms with Gasteiger partial charge in [0, 0.05) is 31.9 Å². The van der Waals surface area contributed by atoms with Crippen molar-refractivity contribution < 1.29 is 9.53 Å². The van der Waals surface area contributed by atoms with Crippen LogP contribution < -0.4 is 10.1 Å². The van der Waals surface area contributed by atoms with Crippen LogP contribution in [0.5, 0.6) is 5.75 Å². The van der Waals surface area contributed by atoms with E-state index in [1.807, 2.05) is 36.1 Å². The molecule has 1 N–H and O–H groups in total. The third-order valence-electron chi connectivity index (χ3n) is 7.51. The maximum Gasteiger partial charge on any atom is 0.260 e. The van der Waals surface area contributed by atoms with Crippen molar-refractivity contribution in [1.82, 2.24) is 9.80 Å². The van der Waals surface area contributed by atoms with Gasteiger partial charge < -0.3 is 19.9 Å². The molecule has 6 heteroatoms. The second-order valence-electron chi connectivity index (χ2n) is 10.2. The predicted octanol–water partition coefficient (Wildman–Crippen LogP) is 5.52. The Balaban J connectivity index is 1.30. The van der Waals surface area contributed by atoms with Crippen molar-refractivity contribution in [2.24, 2.45) is 5.41 Å². The largest absolute Gasteiger partial charge is 0.484 e. The third-order valence-corrected chi connectivity index (χ3v) is 7.87. The van der Waals surface area contributed by atoms with Gasteiger partial charge in [0.05, 0.1) is 0 Å². The van der Waals surface area contributed by atoms with Crippen LogP contribution in [0.1, 0.15) is 55.7 Å². The van der Waals surface area contributed by atoms with Crippen LogP contribution in [-0.4, -0.2) is 53.6 Å². The van der Waals surface area contributed by atoms with Crippen molar-refractivity contribution >= 4 is 28.9 Å². The first-order valence-corrected chi connectivity index (χ1v) is 12.8. The Hall–Kier alpha value is -2.60. The lowest BCUT2D eigenvalue weighted by atomic mass is 9.78. The zero-order valence-electron chi connectivity index (χ0n) is 20.9. The lowest BCUT2D eigenvalue weighted by Gasteiger charge is -2.39. The van der Waals surface area contributed by atoms with Crippen LogP contribution in [0, 0.1) is 19.3 Å². The fraction of sp³-hybridized carbons (Fsp3) is 0.500. The van der Waals surface area contributed by atoms with Crippen molar-refractivity contribution in [3.05, 3.63) is 59.2 Å². The lowest BCUT2D eigenvalue weighted by Crippen LogP contribution is -2.46. The molecule has 0 aromatic heterocycles. The first-order chi connectivity index (χ1) is 16.3. The molecule has 2 heterocycles. The summed E-state index contributed by atoms with van der Waals surface area (Å²) < 4.78 is 5.79. The van der Waals surface area contributed by atoms with E-state index in [9.17, 15) is 4.79 Å². The van der Waals surface area contributed by atoms with Gasteiger partial charge in [0.15, 0.2) is 11.7 Å². The van der Waals surface area contributed by atoms with Gasteiger partial charge in [0.1, 0.15) is 5.75 Å². The number of rotatable bonds is 5. The standard InChI is InChI=1S/C28H37N3O2S/c1-20(2)23-10-7-9-22(4)26(23)29-27(34)31-17-14-28(19-31)12-15-30(16-13-28)25(32)18-33-24-11-6-5-8-21(24)3/h5-11,20H,12-19H2,1-4H3,(H,29,34). The normalized spacial score (nSPS) is 17.3. The summed E-state index contributed by atoms with van der Waals surface area (Å²) in [4.78, 5) is 17.0. The highest BCUT2D eigenvalue weighted by Gasteiger charge is 2.42. The zero-order valence-corrected chi connectivity index (χ0v) is 21.7. The van der Waals surface area contributed by atoms with E-state index >= 15 is 0 Å². The van der Waals surface area contributed by atoms with E-state index < -0.39 is 0 Å². The molecule has 182 valence electrons. The number of piperidine rings is 1. The first kappa shape index (κ1) is 24.5. The second-order valence-corrected chi connectivity index (χ2v) is 10.6. The summed E-state index contributed by atoms with van der Waals surface area (Å²) in [5, 5.41) is 4.38. The molecule has 2 aliphatic rings. The minimum absolute atomic E-state index is 0.0749. The summed E-state index contributed by atoms with van der Waals surface area (Å²) in [6, 6.07) is 14.3. The van der Waals surface area contributed by atoms with Gasteiger partial charge in [-0.1, -0.05) is 50.2 Å². The molecule has 2 aliphatic heterocycles. The lowest BCUT2D eigenvalue weighted by molar-refractivity contribution is -0.135. The van der Waals surface area contributed by atoms with Crippen LogP contribution in [0.4, 0.5) is 5.69 Å². The molecule has 0 radical (unpaired) electrons. The molecule has 0 bridgehead atoms. The Kier molecular flexibility index (Phi) is 7.46. The maximum atomic E-state index is 12.7. The number of hydrogen-bond donors (Lipinski definition) is 1. The van der Waals surface area contributed by atoms with E-state index in [1.165, 1.54) is 11.1 Å². The summed E-state index contributed by atoms with van der Waals surface area (Å²) in [6.45, 7) is 12.2. The number of carbonyl (C=O) groups is 1. The van der Waals surface area contributed by atoms with Crippen molar-refractivity contribution in [2.45, 2.75) is 52.9 Å². The van der Waals surface area contributed by atoms with Crippen LogP contribution in [0.3, 0.4) is 0 Å². The number of amides is 1. The number of ether oxygens (including phenoxy) is 1. The van der Waals surface area contributed by atoms with Crippen LogP contribution in [0.25, 0.3) is 0 Å². The van der Waals surface area contributed by atoms with Crippen molar-refractivity contribution in [3.8, 4) is 5.75 Å². The number of aryl methyl sites for hydroxylation is 2. The van der Waals surface area contributed by atoms with Crippen LogP contribution in [0.2, 0.25) is 0 Å². The zero-order chi connectivity index (χ0) is 24.3. The molecular weight excluding hydrogens is 442 g/mol.